The van der Waals surface area contributed by atoms with Crippen molar-refractivity contribution in [1.29, 1.82) is 0 Å². The number of carboxylic acid groups (broad SMARTS) is 6. The van der Waals surface area contributed by atoms with Crippen LogP contribution in [0.5, 0.6) is 0 Å². The maximum absolute atomic E-state index is 9.87. The Bertz CT molecular complexity index is 948. The Morgan fingerprint density at radius 2 is 0.462 bits per heavy atom. The van der Waals surface area contributed by atoms with Crippen LogP contribution in [0.3, 0.4) is 0 Å². The van der Waals surface area contributed by atoms with E-state index in [1.165, 1.54) is 0 Å². The van der Waals surface area contributed by atoms with Gasteiger partial charge in [-0.15, -0.1) is 0 Å². The van der Waals surface area contributed by atoms with Crippen LogP contribution in [0.1, 0.15) is 119 Å². The van der Waals surface area contributed by atoms with E-state index in [4.69, 9.17) is 66.0 Å². The molecule has 6 atom stereocenters. The Morgan fingerprint density at radius 1 is 0.338 bits per heavy atom. The van der Waals surface area contributed by atoms with Gasteiger partial charge in [-0.05, 0) is 70.0 Å². The van der Waals surface area contributed by atoms with Crippen LogP contribution in [0.25, 0.3) is 0 Å². The summed E-state index contributed by atoms with van der Waals surface area (Å²) >= 11 is 24.1. The van der Waals surface area contributed by atoms with Crippen molar-refractivity contribution in [3.63, 3.8) is 0 Å². The fourth-order valence-corrected chi connectivity index (χ4v) is 3.83. The number of hydrogen-bond donors (Lipinski definition) is 18. The highest BCUT2D eigenvalue weighted by Gasteiger charge is 2.32. The third-order valence-electron chi connectivity index (χ3n) is 7.48. The molecular weight excluding hydrogens is 977 g/mol. The molecule has 19 nitrogen and oxygen atoms in total. The van der Waals surface area contributed by atoms with Crippen molar-refractivity contribution in [2.45, 2.75) is 150 Å². The molecule has 0 heterocycles. The van der Waals surface area contributed by atoms with Gasteiger partial charge < -0.3 is 66.0 Å². The van der Waals surface area contributed by atoms with Crippen LogP contribution in [-0.2, 0) is 33.5 Å². The minimum atomic E-state index is -1.16. The first-order valence-corrected chi connectivity index (χ1v) is 23.6. The summed E-state index contributed by atoms with van der Waals surface area (Å²) in [4.78, 5) is 59.2. The highest BCUT2D eigenvalue weighted by atomic mass is 32.1. The zero-order valence-corrected chi connectivity index (χ0v) is 43.9. The van der Waals surface area contributed by atoms with Gasteiger partial charge in [-0.2, -0.15) is 75.8 Å². The summed E-state index contributed by atoms with van der Waals surface area (Å²) in [6.45, 7) is 8.28. The first-order valence-electron chi connectivity index (χ1n) is 20.5. The van der Waals surface area contributed by atoms with Crippen molar-refractivity contribution in [2.75, 3.05) is 52.9 Å². The molecule has 0 aliphatic rings. The number of carbonyl (C=O) groups is 6. The molecule has 0 amide bonds. The second kappa shape index (κ2) is 52.0. The quantitative estimate of drug-likeness (QED) is 0.0493. The molecule has 0 aromatic rings. The Kier molecular flexibility index (Phi) is 62.3. The number of aliphatic hydroxyl groups is 6. The summed E-state index contributed by atoms with van der Waals surface area (Å²) in [6.07, 6.45) is 5.27. The van der Waals surface area contributed by atoms with Crippen molar-refractivity contribution < 1.29 is 94.8 Å². The zero-order chi connectivity index (χ0) is 52.8. The van der Waals surface area contributed by atoms with Crippen LogP contribution < -0.4 is 0 Å². The number of carboxylic acids is 6. The van der Waals surface area contributed by atoms with Gasteiger partial charge in [0, 0.05) is 38.5 Å². The van der Waals surface area contributed by atoms with Gasteiger partial charge in [-0.3, -0.25) is 28.8 Å². The van der Waals surface area contributed by atoms with E-state index in [2.05, 4.69) is 75.8 Å². The maximum Gasteiger partial charge on any atom is 0.303 e. The average Bonchev–Trinajstić information content (AvgIpc) is 3.21. The zero-order valence-electron chi connectivity index (χ0n) is 38.5. The molecule has 12 N–H and O–H groups in total. The number of aliphatic carboxylic acids is 6. The SMILES string of the molecule is CC(S)CCC(=O)O.CC(S)CCC(=O)O.CC(S)CCC(=O)O.CC(S)CCC(=O)O.CC(S)CCC(=O)O.CC(S)CCC(=O)O.OCC(CO)(CO)COCC(CO)(CO)CO. The highest BCUT2D eigenvalue weighted by molar-refractivity contribution is 7.81. The van der Waals surface area contributed by atoms with E-state index in [1.54, 1.807) is 0 Å². The molecule has 0 saturated heterocycles. The van der Waals surface area contributed by atoms with E-state index in [0.29, 0.717) is 38.5 Å². The van der Waals surface area contributed by atoms with Gasteiger partial charge in [0.05, 0.1) is 63.7 Å². The molecule has 25 heteroatoms. The molecule has 0 rings (SSSR count). The highest BCUT2D eigenvalue weighted by Crippen LogP contribution is 2.20. The van der Waals surface area contributed by atoms with Crippen LogP contribution in [0, 0.1) is 10.8 Å². The van der Waals surface area contributed by atoms with E-state index in [1.807, 2.05) is 41.5 Å². The third-order valence-corrected chi connectivity index (χ3v) is 9.03. The van der Waals surface area contributed by atoms with Crippen molar-refractivity contribution in [1.82, 2.24) is 0 Å². The number of aliphatic hydroxyl groups excluding tert-OH is 6. The smallest absolute Gasteiger partial charge is 0.303 e. The summed E-state index contributed by atoms with van der Waals surface area (Å²) in [5.74, 6) is -4.47. The molecule has 6 unspecified atom stereocenters. The van der Waals surface area contributed by atoms with Crippen LogP contribution in [0.2, 0.25) is 0 Å². The van der Waals surface area contributed by atoms with Crippen LogP contribution in [-0.4, -0.2) is 181 Å². The Labute approximate surface area is 418 Å². The molecule has 0 radical (unpaired) electrons. The van der Waals surface area contributed by atoms with Gasteiger partial charge in [0.25, 0.3) is 0 Å². The van der Waals surface area contributed by atoms with Gasteiger partial charge in [0.1, 0.15) is 0 Å². The predicted molar refractivity (Wildman–Crippen MR) is 270 cm³/mol. The van der Waals surface area contributed by atoms with E-state index < -0.39 is 86.3 Å². The maximum atomic E-state index is 9.87. The molecule has 0 aromatic heterocycles. The molecule has 392 valence electrons. The van der Waals surface area contributed by atoms with E-state index in [9.17, 15) is 28.8 Å². The predicted octanol–water partition coefficient (Wildman–Crippen LogP) is 3.95. The molecular formula is C40H82O19S6. The monoisotopic (exact) mass is 1060 g/mol. The topological polar surface area (TPSA) is 354 Å². The van der Waals surface area contributed by atoms with Gasteiger partial charge in [-0.25, -0.2) is 0 Å². The largest absolute Gasteiger partial charge is 0.481 e. The van der Waals surface area contributed by atoms with Crippen molar-refractivity contribution in [2.24, 2.45) is 10.8 Å². The second-order valence-corrected chi connectivity index (χ2v) is 20.4. The summed E-state index contributed by atoms with van der Waals surface area (Å²) in [7, 11) is 0. The minimum absolute atomic E-state index is 0.141. The molecule has 0 aliphatic carbocycles. The number of hydrogen-bond acceptors (Lipinski definition) is 19. The molecule has 0 saturated carbocycles. The lowest BCUT2D eigenvalue weighted by Crippen LogP contribution is -2.43. The van der Waals surface area contributed by atoms with Crippen LogP contribution in [0.15, 0.2) is 0 Å². The summed E-state index contributed by atoms with van der Waals surface area (Å²) in [5.41, 5.74) is -2.32. The van der Waals surface area contributed by atoms with Gasteiger partial charge in [0.15, 0.2) is 0 Å². The Balaban J connectivity index is -0.000000124. The lowest BCUT2D eigenvalue weighted by molar-refractivity contribution is -0.138. The second-order valence-electron chi connectivity index (χ2n) is 15.1. The summed E-state index contributed by atoms with van der Waals surface area (Å²) < 4.78 is 5.15. The fraction of sp³-hybridized carbons (Fsp3) is 0.850. The first-order chi connectivity index (χ1) is 29.8. The van der Waals surface area contributed by atoms with Gasteiger partial charge in [0.2, 0.25) is 0 Å². The minimum Gasteiger partial charge on any atom is -0.481 e. The average molecular weight is 1060 g/mol. The van der Waals surface area contributed by atoms with Crippen molar-refractivity contribution in [3.8, 4) is 0 Å². The lowest BCUT2D eigenvalue weighted by Gasteiger charge is -2.31. The molecule has 65 heavy (non-hydrogen) atoms. The van der Waals surface area contributed by atoms with E-state index >= 15 is 0 Å². The molecule has 0 bridgehead atoms. The van der Waals surface area contributed by atoms with Crippen molar-refractivity contribution in [3.05, 3.63) is 0 Å². The summed E-state index contributed by atoms with van der Waals surface area (Å²) in [6, 6.07) is 0. The molecule has 0 fully saturated rings. The van der Waals surface area contributed by atoms with Gasteiger partial charge in [-0.1, -0.05) is 41.5 Å². The number of rotatable bonds is 28. The Hall–Kier alpha value is -1.36. The van der Waals surface area contributed by atoms with Crippen molar-refractivity contribution >= 4 is 112 Å². The van der Waals surface area contributed by atoms with E-state index in [-0.39, 0.29) is 83.2 Å². The summed E-state index contributed by atoms with van der Waals surface area (Å²) in [5, 5.41) is 104. The fourth-order valence-electron chi connectivity index (χ4n) is 3.05. The third kappa shape index (κ3) is 77.2. The Morgan fingerprint density at radius 3 is 0.523 bits per heavy atom. The first kappa shape index (κ1) is 77.8. The molecule has 0 aromatic carbocycles. The lowest BCUT2D eigenvalue weighted by atomic mass is 9.91. The molecule has 0 spiro atoms. The normalized spacial score (nSPS) is 13.2. The number of thiol groups is 6. The number of ether oxygens (including phenoxy) is 1. The standard InChI is InChI=1S/C10H22O7.6C5H10O2S/c11-1-9(2-12,3-13)7-17-8-10(4-14,5-15)6-16;6*1-4(8)2-3-5(6)7/h11-16H,1-8H2;6*4,8H,2-3H2,1H3,(H,6,7). The molecule has 0 aliphatic heterocycles. The van der Waals surface area contributed by atoms with Crippen LogP contribution >= 0.6 is 75.8 Å². The van der Waals surface area contributed by atoms with Gasteiger partial charge >= 0.3 is 35.8 Å². The van der Waals surface area contributed by atoms with Crippen LogP contribution in [0.4, 0.5) is 0 Å². The van der Waals surface area contributed by atoms with E-state index in [0.717, 1.165) is 0 Å².